The van der Waals surface area contributed by atoms with E-state index < -0.39 is 0 Å². The Morgan fingerprint density at radius 2 is 2.10 bits per heavy atom. The van der Waals surface area contributed by atoms with E-state index in [2.05, 4.69) is 25.7 Å². The maximum absolute atomic E-state index is 12.6. The number of carbonyl (C=O) groups excluding carboxylic acids is 1. The summed E-state index contributed by atoms with van der Waals surface area (Å²) in [7, 11) is 0. The zero-order valence-electron chi connectivity index (χ0n) is 12.9. The van der Waals surface area contributed by atoms with Gasteiger partial charge in [-0.15, -0.1) is 0 Å². The average Bonchev–Trinajstić information content (AvgIpc) is 2.52. The quantitative estimate of drug-likeness (QED) is 0.848. The van der Waals surface area contributed by atoms with Crippen LogP contribution in [0, 0.1) is 23.7 Å². The summed E-state index contributed by atoms with van der Waals surface area (Å²) in [5, 5.41) is 0. The highest BCUT2D eigenvalue weighted by atomic mass is 16.2. The van der Waals surface area contributed by atoms with Gasteiger partial charge in [-0.3, -0.25) is 4.79 Å². The summed E-state index contributed by atoms with van der Waals surface area (Å²) in [4.78, 5) is 14.5. The first-order valence-corrected chi connectivity index (χ1v) is 7.70. The predicted molar refractivity (Wildman–Crippen MR) is 85.8 cm³/mol. The van der Waals surface area contributed by atoms with Crippen molar-refractivity contribution in [1.82, 2.24) is 4.90 Å². The fourth-order valence-electron chi connectivity index (χ4n) is 2.83. The van der Waals surface area contributed by atoms with E-state index in [-0.39, 0.29) is 5.91 Å². The third-order valence-corrected chi connectivity index (χ3v) is 4.21. The second-order valence-corrected chi connectivity index (χ2v) is 5.96. The van der Waals surface area contributed by atoms with Gasteiger partial charge in [0.1, 0.15) is 0 Å². The molecule has 0 saturated carbocycles. The SMILES string of the molecule is CC(C)C1CCN(C(=O)c2cccc(C#CCN)c2)CC1. The van der Waals surface area contributed by atoms with E-state index in [1.807, 2.05) is 29.2 Å². The Morgan fingerprint density at radius 1 is 1.38 bits per heavy atom. The molecule has 0 spiro atoms. The van der Waals surface area contributed by atoms with Gasteiger partial charge < -0.3 is 10.6 Å². The Balaban J connectivity index is 2.04. The number of nitrogens with two attached hydrogens (primary N) is 1. The van der Waals surface area contributed by atoms with Crippen LogP contribution in [0.25, 0.3) is 0 Å². The average molecular weight is 284 g/mol. The molecular weight excluding hydrogens is 260 g/mol. The maximum atomic E-state index is 12.6. The summed E-state index contributed by atoms with van der Waals surface area (Å²) < 4.78 is 0. The summed E-state index contributed by atoms with van der Waals surface area (Å²) in [6.45, 7) is 6.59. The molecule has 1 aromatic carbocycles. The zero-order valence-corrected chi connectivity index (χ0v) is 12.9. The van der Waals surface area contributed by atoms with Crippen molar-refractivity contribution < 1.29 is 4.79 Å². The van der Waals surface area contributed by atoms with Crippen LogP contribution < -0.4 is 5.73 Å². The molecule has 0 aliphatic carbocycles. The second-order valence-electron chi connectivity index (χ2n) is 5.96. The van der Waals surface area contributed by atoms with Gasteiger partial charge in [-0.1, -0.05) is 31.8 Å². The van der Waals surface area contributed by atoms with Crippen LogP contribution in [0.4, 0.5) is 0 Å². The molecule has 0 bridgehead atoms. The standard InChI is InChI=1S/C18H24N2O/c1-14(2)16-8-11-20(12-9-16)18(21)17-7-3-5-15(13-17)6-4-10-19/h3,5,7,13-14,16H,8-12,19H2,1-2H3. The molecule has 1 heterocycles. The normalized spacial score (nSPS) is 15.7. The highest BCUT2D eigenvalue weighted by molar-refractivity contribution is 5.94. The van der Waals surface area contributed by atoms with Gasteiger partial charge in [-0.05, 0) is 42.9 Å². The number of nitrogens with zero attached hydrogens (tertiary/aromatic N) is 1. The summed E-state index contributed by atoms with van der Waals surface area (Å²) in [5.41, 5.74) is 6.95. The van der Waals surface area contributed by atoms with E-state index in [1.165, 1.54) is 0 Å². The third kappa shape index (κ3) is 4.09. The zero-order chi connectivity index (χ0) is 15.2. The van der Waals surface area contributed by atoms with Crippen LogP contribution in [0.2, 0.25) is 0 Å². The molecule has 0 unspecified atom stereocenters. The van der Waals surface area contributed by atoms with Crippen LogP contribution in [0.5, 0.6) is 0 Å². The monoisotopic (exact) mass is 284 g/mol. The van der Waals surface area contributed by atoms with Gasteiger partial charge in [0.2, 0.25) is 0 Å². The molecule has 0 aromatic heterocycles. The van der Waals surface area contributed by atoms with Gasteiger partial charge in [0.15, 0.2) is 0 Å². The summed E-state index contributed by atoms with van der Waals surface area (Å²) in [6.07, 6.45) is 2.21. The minimum absolute atomic E-state index is 0.119. The smallest absolute Gasteiger partial charge is 0.253 e. The lowest BCUT2D eigenvalue weighted by atomic mass is 9.86. The fourth-order valence-corrected chi connectivity index (χ4v) is 2.83. The van der Waals surface area contributed by atoms with Crippen LogP contribution in [0.3, 0.4) is 0 Å². The molecule has 0 atom stereocenters. The van der Waals surface area contributed by atoms with Crippen molar-refractivity contribution in [2.24, 2.45) is 17.6 Å². The molecule has 1 aromatic rings. The molecule has 21 heavy (non-hydrogen) atoms. The van der Waals surface area contributed by atoms with Crippen LogP contribution in [-0.4, -0.2) is 30.4 Å². The molecule has 1 aliphatic heterocycles. The molecule has 0 radical (unpaired) electrons. The molecule has 1 saturated heterocycles. The molecular formula is C18H24N2O. The lowest BCUT2D eigenvalue weighted by Crippen LogP contribution is -2.39. The van der Waals surface area contributed by atoms with E-state index in [0.717, 1.165) is 43.0 Å². The van der Waals surface area contributed by atoms with Crippen molar-refractivity contribution >= 4 is 5.91 Å². The molecule has 3 nitrogen and oxygen atoms in total. The van der Waals surface area contributed by atoms with Crippen LogP contribution >= 0.6 is 0 Å². The first-order chi connectivity index (χ1) is 10.1. The van der Waals surface area contributed by atoms with E-state index in [9.17, 15) is 4.79 Å². The first-order valence-electron chi connectivity index (χ1n) is 7.70. The van der Waals surface area contributed by atoms with Gasteiger partial charge >= 0.3 is 0 Å². The van der Waals surface area contributed by atoms with E-state index >= 15 is 0 Å². The molecule has 2 rings (SSSR count). The van der Waals surface area contributed by atoms with Crippen LogP contribution in [0.15, 0.2) is 24.3 Å². The van der Waals surface area contributed by atoms with Crippen molar-refractivity contribution in [2.75, 3.05) is 19.6 Å². The van der Waals surface area contributed by atoms with Gasteiger partial charge in [0.25, 0.3) is 5.91 Å². The van der Waals surface area contributed by atoms with Crippen LogP contribution in [-0.2, 0) is 0 Å². The molecule has 112 valence electrons. The number of hydrogen-bond donors (Lipinski definition) is 1. The molecule has 1 fully saturated rings. The minimum Gasteiger partial charge on any atom is -0.339 e. The Morgan fingerprint density at radius 3 is 2.71 bits per heavy atom. The third-order valence-electron chi connectivity index (χ3n) is 4.21. The van der Waals surface area contributed by atoms with Crippen molar-refractivity contribution in [3.05, 3.63) is 35.4 Å². The number of hydrogen-bond acceptors (Lipinski definition) is 2. The Kier molecular flexibility index (Phi) is 5.41. The van der Waals surface area contributed by atoms with Crippen molar-refractivity contribution in [1.29, 1.82) is 0 Å². The van der Waals surface area contributed by atoms with Gasteiger partial charge in [-0.25, -0.2) is 0 Å². The summed E-state index contributed by atoms with van der Waals surface area (Å²) in [5.74, 6) is 7.37. The van der Waals surface area contributed by atoms with Crippen LogP contribution in [0.1, 0.15) is 42.6 Å². The largest absolute Gasteiger partial charge is 0.339 e. The number of piperidine rings is 1. The Labute approximate surface area is 127 Å². The number of likely N-dealkylation sites (tertiary alicyclic amines) is 1. The second kappa shape index (κ2) is 7.28. The summed E-state index contributed by atoms with van der Waals surface area (Å²) >= 11 is 0. The molecule has 2 N–H and O–H groups in total. The van der Waals surface area contributed by atoms with Crippen molar-refractivity contribution in [3.63, 3.8) is 0 Å². The maximum Gasteiger partial charge on any atom is 0.253 e. The topological polar surface area (TPSA) is 46.3 Å². The Hall–Kier alpha value is -1.79. The Bertz CT molecular complexity index is 546. The molecule has 1 amide bonds. The van der Waals surface area contributed by atoms with Gasteiger partial charge in [0.05, 0.1) is 6.54 Å². The number of benzene rings is 1. The van der Waals surface area contributed by atoms with E-state index in [4.69, 9.17) is 5.73 Å². The highest BCUT2D eigenvalue weighted by Gasteiger charge is 2.25. The van der Waals surface area contributed by atoms with Crippen molar-refractivity contribution in [3.8, 4) is 11.8 Å². The fraction of sp³-hybridized carbons (Fsp3) is 0.500. The van der Waals surface area contributed by atoms with E-state index in [0.29, 0.717) is 12.5 Å². The number of rotatable bonds is 2. The first kappa shape index (κ1) is 15.6. The minimum atomic E-state index is 0.119. The van der Waals surface area contributed by atoms with Crippen molar-refractivity contribution in [2.45, 2.75) is 26.7 Å². The van der Waals surface area contributed by atoms with Gasteiger partial charge in [-0.2, -0.15) is 0 Å². The highest BCUT2D eigenvalue weighted by Crippen LogP contribution is 2.25. The molecule has 1 aliphatic rings. The lowest BCUT2D eigenvalue weighted by molar-refractivity contribution is 0.0667. The van der Waals surface area contributed by atoms with Gasteiger partial charge in [0, 0.05) is 24.2 Å². The molecule has 3 heteroatoms. The lowest BCUT2D eigenvalue weighted by Gasteiger charge is -2.34. The predicted octanol–water partition coefficient (Wildman–Crippen LogP) is 2.51. The van der Waals surface area contributed by atoms with E-state index in [1.54, 1.807) is 0 Å². The summed E-state index contributed by atoms with van der Waals surface area (Å²) in [6, 6.07) is 7.52. The number of amides is 1. The number of carbonyl (C=O) groups is 1.